The van der Waals surface area contributed by atoms with Crippen LogP contribution in [-0.4, -0.2) is 19.3 Å². The Morgan fingerprint density at radius 2 is 1.36 bits per heavy atom. The van der Waals surface area contributed by atoms with Crippen LogP contribution in [0.15, 0.2) is 36.9 Å². The molecule has 0 saturated carbocycles. The number of unbranched alkanes of at least 4 members (excludes halogenated alkanes) is 13. The second kappa shape index (κ2) is 15.6. The summed E-state index contributed by atoms with van der Waals surface area (Å²) in [6, 6.07) is 8.49. The van der Waals surface area contributed by atoms with Crippen LogP contribution in [0.4, 0.5) is 0 Å². The van der Waals surface area contributed by atoms with E-state index in [1.807, 2.05) is 6.08 Å². The van der Waals surface area contributed by atoms with Crippen molar-refractivity contribution >= 4 is 0 Å². The van der Waals surface area contributed by atoms with Gasteiger partial charge in [-0.15, -0.1) is 6.58 Å². The molecule has 0 radical (unpaired) electrons. The molecule has 1 aromatic rings. The molecule has 0 aliphatic carbocycles. The molecule has 28 heavy (non-hydrogen) atoms. The number of hydrogen-bond acceptors (Lipinski definition) is 2. The predicted molar refractivity (Wildman–Crippen MR) is 120 cm³/mol. The molecule has 2 rings (SSSR count). The van der Waals surface area contributed by atoms with Crippen molar-refractivity contribution in [1.29, 1.82) is 0 Å². The van der Waals surface area contributed by atoms with Gasteiger partial charge in [0.2, 0.25) is 0 Å². The Morgan fingerprint density at radius 3 is 1.93 bits per heavy atom. The Labute approximate surface area is 173 Å². The van der Waals surface area contributed by atoms with E-state index >= 15 is 0 Å². The van der Waals surface area contributed by atoms with E-state index in [-0.39, 0.29) is 0 Å². The number of ether oxygens (including phenoxy) is 2. The van der Waals surface area contributed by atoms with Gasteiger partial charge in [0.1, 0.15) is 18.5 Å². The van der Waals surface area contributed by atoms with Crippen molar-refractivity contribution in [2.24, 2.45) is 0 Å². The lowest BCUT2D eigenvalue weighted by atomic mass is 10.0. The Bertz CT molecular complexity index is 507. The maximum Gasteiger partial charge on any atom is 0.122 e. The highest BCUT2D eigenvalue weighted by molar-refractivity contribution is 5.33. The fraction of sp³-hybridized carbons (Fsp3) is 0.692. The number of allylic oxidation sites excluding steroid dienone is 1. The molecule has 0 spiro atoms. The lowest BCUT2D eigenvalue weighted by Crippen LogP contribution is -2.05. The van der Waals surface area contributed by atoms with Crippen LogP contribution >= 0.6 is 0 Å². The minimum Gasteiger partial charge on any atom is -0.491 e. The Kier molecular flexibility index (Phi) is 12.8. The highest BCUT2D eigenvalue weighted by Gasteiger charge is 2.23. The molecular weight excluding hydrogens is 344 g/mol. The molecule has 1 unspecified atom stereocenters. The molecule has 0 amide bonds. The minimum atomic E-state index is 0.329. The van der Waals surface area contributed by atoms with Gasteiger partial charge >= 0.3 is 0 Å². The molecule has 158 valence electrons. The van der Waals surface area contributed by atoms with Crippen LogP contribution in [0, 0.1) is 0 Å². The average Bonchev–Trinajstić information content (AvgIpc) is 3.54. The molecule has 1 fully saturated rings. The number of aryl methyl sites for hydroxylation is 1. The molecule has 0 bridgehead atoms. The topological polar surface area (TPSA) is 21.8 Å². The SMILES string of the molecule is C=CCCCCCCCCCCCCCCCc1ccccc1OCC1CO1. The highest BCUT2D eigenvalue weighted by atomic mass is 16.6. The van der Waals surface area contributed by atoms with Crippen LogP contribution in [0.3, 0.4) is 0 Å². The first kappa shape index (κ1) is 23.0. The van der Waals surface area contributed by atoms with Crippen molar-refractivity contribution in [2.75, 3.05) is 13.2 Å². The maximum absolute atomic E-state index is 5.91. The lowest BCUT2D eigenvalue weighted by Gasteiger charge is -2.10. The van der Waals surface area contributed by atoms with Crippen LogP contribution in [-0.2, 0) is 11.2 Å². The Morgan fingerprint density at radius 1 is 0.821 bits per heavy atom. The van der Waals surface area contributed by atoms with E-state index in [1.54, 1.807) is 0 Å². The van der Waals surface area contributed by atoms with Gasteiger partial charge in [-0.25, -0.2) is 0 Å². The van der Waals surface area contributed by atoms with Crippen LogP contribution in [0.5, 0.6) is 5.75 Å². The van der Waals surface area contributed by atoms with Crippen molar-refractivity contribution in [3.63, 3.8) is 0 Å². The van der Waals surface area contributed by atoms with Crippen molar-refractivity contribution < 1.29 is 9.47 Å². The van der Waals surface area contributed by atoms with Gasteiger partial charge in [0, 0.05) is 0 Å². The Balaban J connectivity index is 1.36. The van der Waals surface area contributed by atoms with E-state index in [0.717, 1.165) is 18.8 Å². The summed E-state index contributed by atoms with van der Waals surface area (Å²) in [5.74, 6) is 1.05. The van der Waals surface area contributed by atoms with Gasteiger partial charge in [-0.3, -0.25) is 0 Å². The average molecular weight is 387 g/mol. The lowest BCUT2D eigenvalue weighted by molar-refractivity contribution is 0.261. The molecule has 1 aliphatic rings. The van der Waals surface area contributed by atoms with Gasteiger partial charge in [0.15, 0.2) is 0 Å². The third-order valence-electron chi connectivity index (χ3n) is 5.65. The first-order valence-electron chi connectivity index (χ1n) is 11.8. The molecule has 2 heteroatoms. The minimum absolute atomic E-state index is 0.329. The zero-order valence-corrected chi connectivity index (χ0v) is 18.0. The number of para-hydroxylation sites is 1. The van der Waals surface area contributed by atoms with Crippen LogP contribution in [0.1, 0.15) is 95.5 Å². The van der Waals surface area contributed by atoms with Crippen LogP contribution < -0.4 is 4.74 Å². The summed E-state index contributed by atoms with van der Waals surface area (Å²) in [6.45, 7) is 5.34. The quantitative estimate of drug-likeness (QED) is 0.138. The predicted octanol–water partition coefficient (Wildman–Crippen LogP) is 7.65. The largest absolute Gasteiger partial charge is 0.491 e. The number of benzene rings is 1. The van der Waals surface area contributed by atoms with Crippen LogP contribution in [0.2, 0.25) is 0 Å². The second-order valence-corrected chi connectivity index (χ2v) is 8.30. The second-order valence-electron chi connectivity index (χ2n) is 8.30. The van der Waals surface area contributed by atoms with E-state index in [2.05, 4.69) is 30.8 Å². The first-order chi connectivity index (χ1) is 13.9. The van der Waals surface area contributed by atoms with E-state index in [1.165, 1.54) is 95.5 Å². The molecule has 0 N–H and O–H groups in total. The number of epoxide rings is 1. The number of hydrogen-bond donors (Lipinski definition) is 0. The van der Waals surface area contributed by atoms with Crippen LogP contribution in [0.25, 0.3) is 0 Å². The highest BCUT2D eigenvalue weighted by Crippen LogP contribution is 2.22. The van der Waals surface area contributed by atoms with E-state index in [0.29, 0.717) is 12.7 Å². The molecule has 1 atom stereocenters. The fourth-order valence-corrected chi connectivity index (χ4v) is 3.75. The fourth-order valence-electron chi connectivity index (χ4n) is 3.75. The standard InChI is InChI=1S/C26H42O2/c1-2-3-4-5-6-7-8-9-10-11-12-13-14-15-16-19-24-20-17-18-21-26(24)28-23-25-22-27-25/h2,17-18,20-21,25H,1,3-16,19,22-23H2. The molecule has 1 heterocycles. The molecule has 1 saturated heterocycles. The summed E-state index contributed by atoms with van der Waals surface area (Å²) in [6.07, 6.45) is 22.8. The third kappa shape index (κ3) is 11.5. The third-order valence-corrected chi connectivity index (χ3v) is 5.65. The van der Waals surface area contributed by atoms with Gasteiger partial charge in [-0.1, -0.05) is 94.9 Å². The summed E-state index contributed by atoms with van der Waals surface area (Å²) >= 11 is 0. The molecule has 0 aromatic heterocycles. The summed E-state index contributed by atoms with van der Waals surface area (Å²) < 4.78 is 11.1. The summed E-state index contributed by atoms with van der Waals surface area (Å²) in [4.78, 5) is 0. The molecule has 1 aliphatic heterocycles. The summed E-state index contributed by atoms with van der Waals surface area (Å²) in [5.41, 5.74) is 1.35. The van der Waals surface area contributed by atoms with Crippen molar-refractivity contribution in [3.05, 3.63) is 42.5 Å². The van der Waals surface area contributed by atoms with Gasteiger partial charge in [0.25, 0.3) is 0 Å². The molecule has 2 nitrogen and oxygen atoms in total. The van der Waals surface area contributed by atoms with E-state index < -0.39 is 0 Å². The Hall–Kier alpha value is -1.28. The van der Waals surface area contributed by atoms with Gasteiger partial charge in [0.05, 0.1) is 6.61 Å². The zero-order chi connectivity index (χ0) is 19.7. The summed E-state index contributed by atoms with van der Waals surface area (Å²) in [5, 5.41) is 0. The molecular formula is C26H42O2. The van der Waals surface area contributed by atoms with Crippen molar-refractivity contribution in [1.82, 2.24) is 0 Å². The number of rotatable bonds is 19. The first-order valence-corrected chi connectivity index (χ1v) is 11.8. The van der Waals surface area contributed by atoms with E-state index in [4.69, 9.17) is 9.47 Å². The van der Waals surface area contributed by atoms with Crippen molar-refractivity contribution in [2.45, 2.75) is 102 Å². The normalized spacial score (nSPS) is 15.5. The maximum atomic E-state index is 5.91. The monoisotopic (exact) mass is 386 g/mol. The summed E-state index contributed by atoms with van der Waals surface area (Å²) in [7, 11) is 0. The van der Waals surface area contributed by atoms with E-state index in [9.17, 15) is 0 Å². The smallest absolute Gasteiger partial charge is 0.122 e. The van der Waals surface area contributed by atoms with Crippen molar-refractivity contribution in [3.8, 4) is 5.75 Å². The zero-order valence-electron chi connectivity index (χ0n) is 18.0. The van der Waals surface area contributed by atoms with Gasteiger partial charge < -0.3 is 9.47 Å². The van der Waals surface area contributed by atoms with Gasteiger partial charge in [-0.05, 0) is 37.3 Å². The molecule has 1 aromatic carbocycles. The van der Waals surface area contributed by atoms with Gasteiger partial charge in [-0.2, -0.15) is 0 Å².